The number of amides is 1. The molecule has 2 aromatic rings. The van der Waals surface area contributed by atoms with Crippen LogP contribution in [0, 0.1) is 6.92 Å². The maximum Gasteiger partial charge on any atom is 0.222 e. The Labute approximate surface area is 168 Å². The summed E-state index contributed by atoms with van der Waals surface area (Å²) in [6.45, 7) is 5.48. The van der Waals surface area contributed by atoms with Crippen LogP contribution in [0.3, 0.4) is 0 Å². The second-order valence-corrected chi connectivity index (χ2v) is 8.41. The lowest BCUT2D eigenvalue weighted by atomic mass is 9.96. The number of ether oxygens (including phenoxy) is 1. The number of benzene rings is 1. The summed E-state index contributed by atoms with van der Waals surface area (Å²) in [6, 6.07) is 7.24. The molecule has 1 aromatic heterocycles. The number of carbonyl (C=O) groups excluding carboxylic acids is 1. The van der Waals surface area contributed by atoms with E-state index >= 15 is 0 Å². The van der Waals surface area contributed by atoms with Gasteiger partial charge in [0.05, 0.1) is 10.6 Å². The minimum Gasteiger partial charge on any atom is -0.488 e. The van der Waals surface area contributed by atoms with Crippen LogP contribution in [0.25, 0.3) is 0 Å². The summed E-state index contributed by atoms with van der Waals surface area (Å²) in [5.74, 6) is 0.891. The molecule has 0 bridgehead atoms. The minimum atomic E-state index is -0.975. The highest BCUT2D eigenvalue weighted by atomic mass is 35.5. The Hall–Kier alpha value is -1.63. The van der Waals surface area contributed by atoms with Gasteiger partial charge in [-0.1, -0.05) is 18.5 Å². The molecule has 0 aliphatic carbocycles. The summed E-state index contributed by atoms with van der Waals surface area (Å²) >= 11 is 7.39. The number of aromatic nitrogens is 1. The Morgan fingerprint density at radius 2 is 2.07 bits per heavy atom. The predicted octanol–water partition coefficient (Wildman–Crippen LogP) is 4.29. The van der Waals surface area contributed by atoms with Crippen LogP contribution in [-0.4, -0.2) is 34.0 Å². The highest BCUT2D eigenvalue weighted by molar-refractivity contribution is 7.11. The molecule has 1 atom stereocenters. The van der Waals surface area contributed by atoms with Gasteiger partial charge in [0.1, 0.15) is 23.0 Å². The van der Waals surface area contributed by atoms with Crippen molar-refractivity contribution in [3.05, 3.63) is 44.9 Å². The van der Waals surface area contributed by atoms with Gasteiger partial charge in [-0.3, -0.25) is 4.79 Å². The van der Waals surface area contributed by atoms with Crippen molar-refractivity contribution in [3.63, 3.8) is 0 Å². The van der Waals surface area contributed by atoms with E-state index < -0.39 is 5.60 Å². The molecule has 1 amide bonds. The molecule has 1 aliphatic heterocycles. The summed E-state index contributed by atoms with van der Waals surface area (Å²) in [5, 5.41) is 12.6. The van der Waals surface area contributed by atoms with Gasteiger partial charge in [-0.2, -0.15) is 0 Å². The standard InChI is InChI=1S/C20H25ClN2O3S/c1-3-18(24)23-11-4-9-20(25,10-12-23)19-22-14(2)17(27-19)13-26-16-7-5-15(21)6-8-16/h5-8,25H,3-4,9-13H2,1-2H3. The molecule has 0 radical (unpaired) electrons. The lowest BCUT2D eigenvalue weighted by molar-refractivity contribution is -0.131. The SMILES string of the molecule is CCC(=O)N1CCCC(O)(c2nc(C)c(COc3ccc(Cl)cc3)s2)CC1. The highest BCUT2D eigenvalue weighted by Crippen LogP contribution is 2.37. The molecule has 1 N–H and O–H groups in total. The van der Waals surface area contributed by atoms with Crippen molar-refractivity contribution in [1.82, 2.24) is 9.88 Å². The maximum absolute atomic E-state index is 12.0. The van der Waals surface area contributed by atoms with Crippen LogP contribution in [0.5, 0.6) is 5.75 Å². The maximum atomic E-state index is 12.0. The second-order valence-electron chi connectivity index (χ2n) is 6.89. The lowest BCUT2D eigenvalue weighted by Crippen LogP contribution is -2.33. The third kappa shape index (κ3) is 4.81. The van der Waals surface area contributed by atoms with E-state index in [1.807, 2.05) is 30.9 Å². The Kier molecular flexibility index (Phi) is 6.40. The fraction of sp³-hybridized carbons (Fsp3) is 0.500. The third-order valence-corrected chi connectivity index (χ3v) is 6.52. The largest absolute Gasteiger partial charge is 0.488 e. The Bertz CT molecular complexity index is 793. The molecule has 3 rings (SSSR count). The van der Waals surface area contributed by atoms with Crippen LogP contribution in [0.15, 0.2) is 24.3 Å². The van der Waals surface area contributed by atoms with E-state index in [1.54, 1.807) is 12.1 Å². The van der Waals surface area contributed by atoms with Crippen LogP contribution in [0.1, 0.15) is 48.2 Å². The minimum absolute atomic E-state index is 0.145. The van der Waals surface area contributed by atoms with E-state index in [0.29, 0.717) is 44.0 Å². The zero-order chi connectivity index (χ0) is 19.4. The first-order chi connectivity index (χ1) is 12.9. The topological polar surface area (TPSA) is 62.7 Å². The number of hydrogen-bond acceptors (Lipinski definition) is 5. The van der Waals surface area contributed by atoms with Gasteiger partial charge < -0.3 is 14.7 Å². The van der Waals surface area contributed by atoms with Crippen LogP contribution in [0.2, 0.25) is 5.02 Å². The van der Waals surface area contributed by atoms with Gasteiger partial charge in [-0.15, -0.1) is 11.3 Å². The van der Waals surface area contributed by atoms with E-state index in [4.69, 9.17) is 16.3 Å². The zero-order valence-corrected chi connectivity index (χ0v) is 17.3. The van der Waals surface area contributed by atoms with Crippen LogP contribution >= 0.6 is 22.9 Å². The molecule has 1 aromatic carbocycles. The Balaban J connectivity index is 1.69. The van der Waals surface area contributed by atoms with Gasteiger partial charge in [0.15, 0.2) is 0 Å². The fourth-order valence-corrected chi connectivity index (χ4v) is 4.49. The number of aliphatic hydroxyl groups is 1. The van der Waals surface area contributed by atoms with Gasteiger partial charge in [-0.05, 0) is 44.0 Å². The molecule has 2 heterocycles. The van der Waals surface area contributed by atoms with Gasteiger partial charge in [0, 0.05) is 31.0 Å². The molecular formula is C20H25ClN2O3S. The van der Waals surface area contributed by atoms with Crippen LogP contribution < -0.4 is 4.74 Å². The van der Waals surface area contributed by atoms with Crippen molar-refractivity contribution in [2.75, 3.05) is 13.1 Å². The summed E-state index contributed by atoms with van der Waals surface area (Å²) in [5.41, 5.74) is -0.0976. The molecule has 1 saturated heterocycles. The molecule has 1 aliphatic rings. The summed E-state index contributed by atoms with van der Waals surface area (Å²) in [6.07, 6.45) is 2.41. The monoisotopic (exact) mass is 408 g/mol. The molecule has 0 spiro atoms. The van der Waals surface area contributed by atoms with E-state index in [0.717, 1.165) is 27.7 Å². The number of carbonyl (C=O) groups is 1. The summed E-state index contributed by atoms with van der Waals surface area (Å²) in [4.78, 5) is 19.5. The molecule has 7 heteroatoms. The van der Waals surface area contributed by atoms with Crippen molar-refractivity contribution in [1.29, 1.82) is 0 Å². The van der Waals surface area contributed by atoms with Crippen molar-refractivity contribution in [2.24, 2.45) is 0 Å². The molecule has 146 valence electrons. The lowest BCUT2D eigenvalue weighted by Gasteiger charge is -2.24. The van der Waals surface area contributed by atoms with E-state index in [9.17, 15) is 9.90 Å². The first-order valence-corrected chi connectivity index (χ1v) is 10.5. The normalized spacial score (nSPS) is 20.4. The van der Waals surface area contributed by atoms with Crippen molar-refractivity contribution in [2.45, 2.75) is 51.7 Å². The number of nitrogens with zero attached hydrogens (tertiary/aromatic N) is 2. The number of likely N-dealkylation sites (tertiary alicyclic amines) is 1. The number of thiazole rings is 1. The number of rotatable bonds is 5. The molecule has 0 saturated carbocycles. The Morgan fingerprint density at radius 3 is 2.78 bits per heavy atom. The van der Waals surface area contributed by atoms with Gasteiger partial charge in [-0.25, -0.2) is 4.98 Å². The third-order valence-electron chi connectivity index (χ3n) is 4.94. The van der Waals surface area contributed by atoms with Gasteiger partial charge in [0.25, 0.3) is 0 Å². The van der Waals surface area contributed by atoms with Gasteiger partial charge in [0.2, 0.25) is 5.91 Å². The summed E-state index contributed by atoms with van der Waals surface area (Å²) in [7, 11) is 0. The Morgan fingerprint density at radius 1 is 1.33 bits per heavy atom. The first kappa shape index (κ1) is 20.1. The quantitative estimate of drug-likeness (QED) is 0.801. The first-order valence-electron chi connectivity index (χ1n) is 9.26. The van der Waals surface area contributed by atoms with Crippen LogP contribution in [-0.2, 0) is 17.0 Å². The van der Waals surface area contributed by atoms with E-state index in [1.165, 1.54) is 11.3 Å². The fourth-order valence-electron chi connectivity index (χ4n) is 3.25. The number of aryl methyl sites for hydroxylation is 1. The molecule has 1 fully saturated rings. The van der Waals surface area contributed by atoms with E-state index in [2.05, 4.69) is 4.98 Å². The zero-order valence-electron chi connectivity index (χ0n) is 15.7. The van der Waals surface area contributed by atoms with Crippen molar-refractivity contribution >= 4 is 28.8 Å². The molecule has 5 nitrogen and oxygen atoms in total. The average Bonchev–Trinajstić information content (AvgIpc) is 2.92. The highest BCUT2D eigenvalue weighted by Gasteiger charge is 2.36. The predicted molar refractivity (Wildman–Crippen MR) is 107 cm³/mol. The van der Waals surface area contributed by atoms with E-state index in [-0.39, 0.29) is 5.91 Å². The van der Waals surface area contributed by atoms with Crippen LogP contribution in [0.4, 0.5) is 0 Å². The van der Waals surface area contributed by atoms with Gasteiger partial charge >= 0.3 is 0 Å². The smallest absolute Gasteiger partial charge is 0.222 e. The molecular weight excluding hydrogens is 384 g/mol. The average molecular weight is 409 g/mol. The molecule has 1 unspecified atom stereocenters. The number of halogens is 1. The summed E-state index contributed by atoms with van der Waals surface area (Å²) < 4.78 is 5.83. The second kappa shape index (κ2) is 8.59. The molecule has 27 heavy (non-hydrogen) atoms. The van der Waals surface area contributed by atoms with Crippen molar-refractivity contribution in [3.8, 4) is 5.75 Å². The number of hydrogen-bond donors (Lipinski definition) is 1. The van der Waals surface area contributed by atoms with Crippen molar-refractivity contribution < 1.29 is 14.6 Å².